The van der Waals surface area contributed by atoms with E-state index in [1.165, 1.54) is 0 Å². The van der Waals surface area contributed by atoms with Crippen molar-refractivity contribution in [3.05, 3.63) is 34.9 Å². The third-order valence-electron chi connectivity index (χ3n) is 3.32. The average Bonchev–Trinajstić information content (AvgIpc) is 2.80. The molecule has 2 unspecified atom stereocenters. The van der Waals surface area contributed by atoms with Crippen LogP contribution in [0.15, 0.2) is 18.2 Å². The highest BCUT2D eigenvalue weighted by Gasteiger charge is 2.31. The van der Waals surface area contributed by atoms with Crippen LogP contribution in [-0.4, -0.2) is 24.5 Å². The first kappa shape index (κ1) is 12.3. The van der Waals surface area contributed by atoms with E-state index in [4.69, 9.17) is 10.5 Å². The molecule has 1 heterocycles. The normalized spacial score (nSPS) is 23.9. The van der Waals surface area contributed by atoms with Gasteiger partial charge in [0, 0.05) is 12.1 Å². The van der Waals surface area contributed by atoms with Gasteiger partial charge in [-0.2, -0.15) is 0 Å². The molecule has 17 heavy (non-hydrogen) atoms. The molecule has 1 saturated heterocycles. The monoisotopic (exact) mass is 233 g/mol. The van der Waals surface area contributed by atoms with E-state index in [0.29, 0.717) is 6.54 Å². The Hall–Kier alpha value is -1.19. The van der Waals surface area contributed by atoms with Crippen LogP contribution in [0.1, 0.15) is 34.3 Å². The summed E-state index contributed by atoms with van der Waals surface area (Å²) >= 11 is 0. The molecule has 1 aliphatic rings. The molecule has 1 aromatic carbocycles. The van der Waals surface area contributed by atoms with Crippen molar-refractivity contribution in [3.8, 4) is 0 Å². The third-order valence-corrected chi connectivity index (χ3v) is 3.32. The van der Waals surface area contributed by atoms with Crippen molar-refractivity contribution in [2.24, 2.45) is 5.73 Å². The summed E-state index contributed by atoms with van der Waals surface area (Å²) in [5.41, 5.74) is 8.46. The number of ketones is 1. The largest absolute Gasteiger partial charge is 0.366 e. The van der Waals surface area contributed by atoms with Crippen LogP contribution in [0, 0.1) is 13.8 Å². The van der Waals surface area contributed by atoms with Crippen LogP contribution in [0.25, 0.3) is 0 Å². The quantitative estimate of drug-likeness (QED) is 0.812. The Balaban J connectivity index is 2.17. The lowest BCUT2D eigenvalue weighted by molar-refractivity contribution is 0.0403. The molecular formula is C14H19NO2. The van der Waals surface area contributed by atoms with E-state index in [1.54, 1.807) is 0 Å². The summed E-state index contributed by atoms with van der Waals surface area (Å²) in [4.78, 5) is 12.3. The molecule has 0 radical (unpaired) electrons. The van der Waals surface area contributed by atoms with Crippen molar-refractivity contribution in [2.75, 3.05) is 6.54 Å². The molecule has 0 saturated carbocycles. The van der Waals surface area contributed by atoms with Gasteiger partial charge < -0.3 is 10.5 Å². The van der Waals surface area contributed by atoms with Crippen LogP contribution in [-0.2, 0) is 4.74 Å². The number of carbonyl (C=O) groups excluding carboxylic acids is 1. The lowest BCUT2D eigenvalue weighted by Crippen LogP contribution is -2.25. The first-order chi connectivity index (χ1) is 8.11. The summed E-state index contributed by atoms with van der Waals surface area (Å²) in [6.45, 7) is 4.45. The zero-order valence-corrected chi connectivity index (χ0v) is 10.4. The lowest BCUT2D eigenvalue weighted by Gasteiger charge is -2.13. The number of hydrogen-bond donors (Lipinski definition) is 1. The van der Waals surface area contributed by atoms with Crippen LogP contribution < -0.4 is 5.73 Å². The second-order valence-electron chi connectivity index (χ2n) is 4.74. The zero-order valence-electron chi connectivity index (χ0n) is 10.4. The van der Waals surface area contributed by atoms with E-state index >= 15 is 0 Å². The van der Waals surface area contributed by atoms with Gasteiger partial charge >= 0.3 is 0 Å². The van der Waals surface area contributed by atoms with Crippen molar-refractivity contribution >= 4 is 5.78 Å². The van der Waals surface area contributed by atoms with E-state index in [2.05, 4.69) is 0 Å². The molecule has 0 spiro atoms. The topological polar surface area (TPSA) is 52.3 Å². The van der Waals surface area contributed by atoms with E-state index in [0.717, 1.165) is 29.5 Å². The van der Waals surface area contributed by atoms with Gasteiger partial charge in [-0.05, 0) is 38.3 Å². The third kappa shape index (κ3) is 2.56. The molecular weight excluding hydrogens is 214 g/mol. The molecule has 1 aliphatic heterocycles. The first-order valence-electron chi connectivity index (χ1n) is 6.09. The van der Waals surface area contributed by atoms with E-state index in [1.807, 2.05) is 32.0 Å². The van der Waals surface area contributed by atoms with Crippen molar-refractivity contribution in [1.82, 2.24) is 0 Å². The van der Waals surface area contributed by atoms with Crippen LogP contribution in [0.5, 0.6) is 0 Å². The Labute approximate surface area is 102 Å². The highest BCUT2D eigenvalue weighted by molar-refractivity contribution is 6.01. The molecule has 0 bridgehead atoms. The number of aryl methyl sites for hydroxylation is 2. The molecule has 2 atom stereocenters. The molecule has 2 N–H and O–H groups in total. The van der Waals surface area contributed by atoms with Gasteiger partial charge in [0.25, 0.3) is 0 Å². The van der Waals surface area contributed by atoms with E-state index < -0.39 is 0 Å². The summed E-state index contributed by atoms with van der Waals surface area (Å²) in [5, 5.41) is 0. The van der Waals surface area contributed by atoms with Crippen LogP contribution >= 0.6 is 0 Å². The number of Topliss-reactive ketones (excluding diaryl/α,β-unsaturated/α-hetero) is 1. The number of benzene rings is 1. The summed E-state index contributed by atoms with van der Waals surface area (Å²) in [6.07, 6.45) is 1.42. The Kier molecular flexibility index (Phi) is 3.60. The van der Waals surface area contributed by atoms with Gasteiger partial charge in [-0.25, -0.2) is 0 Å². The van der Waals surface area contributed by atoms with Crippen LogP contribution in [0.2, 0.25) is 0 Å². The van der Waals surface area contributed by atoms with Crippen LogP contribution in [0.4, 0.5) is 0 Å². The number of rotatable bonds is 3. The van der Waals surface area contributed by atoms with Gasteiger partial charge in [-0.1, -0.05) is 17.7 Å². The number of nitrogens with two attached hydrogens (primary N) is 1. The van der Waals surface area contributed by atoms with Gasteiger partial charge in [0.1, 0.15) is 6.10 Å². The number of hydrogen-bond acceptors (Lipinski definition) is 3. The van der Waals surface area contributed by atoms with Crippen LogP contribution in [0.3, 0.4) is 0 Å². The molecule has 0 amide bonds. The summed E-state index contributed by atoms with van der Waals surface area (Å²) < 4.78 is 5.65. The van der Waals surface area contributed by atoms with Gasteiger partial charge in [-0.15, -0.1) is 0 Å². The molecule has 1 fully saturated rings. The fourth-order valence-electron chi connectivity index (χ4n) is 2.25. The molecule has 1 aromatic rings. The lowest BCUT2D eigenvalue weighted by atomic mass is 9.97. The average molecular weight is 233 g/mol. The molecule has 2 rings (SSSR count). The van der Waals surface area contributed by atoms with Crippen molar-refractivity contribution in [1.29, 1.82) is 0 Å². The second kappa shape index (κ2) is 4.98. The summed E-state index contributed by atoms with van der Waals surface area (Å²) in [7, 11) is 0. The van der Waals surface area contributed by atoms with Gasteiger partial charge in [0.15, 0.2) is 5.78 Å². The molecule has 0 aromatic heterocycles. The minimum atomic E-state index is -0.302. The molecule has 3 nitrogen and oxygen atoms in total. The van der Waals surface area contributed by atoms with Crippen molar-refractivity contribution in [3.63, 3.8) is 0 Å². The Morgan fingerprint density at radius 2 is 2.18 bits per heavy atom. The van der Waals surface area contributed by atoms with E-state index in [9.17, 15) is 4.79 Å². The van der Waals surface area contributed by atoms with Gasteiger partial charge in [0.2, 0.25) is 0 Å². The highest BCUT2D eigenvalue weighted by atomic mass is 16.5. The SMILES string of the molecule is Cc1ccc(C)c(C(=O)C2CCC(CN)O2)c1. The van der Waals surface area contributed by atoms with Gasteiger partial charge in [-0.3, -0.25) is 4.79 Å². The van der Waals surface area contributed by atoms with E-state index in [-0.39, 0.29) is 18.0 Å². The number of ether oxygens (including phenoxy) is 1. The molecule has 3 heteroatoms. The molecule has 92 valence electrons. The second-order valence-corrected chi connectivity index (χ2v) is 4.74. The summed E-state index contributed by atoms with van der Waals surface area (Å²) in [5.74, 6) is 0.0992. The minimum absolute atomic E-state index is 0.0501. The maximum atomic E-state index is 12.3. The smallest absolute Gasteiger partial charge is 0.191 e. The first-order valence-corrected chi connectivity index (χ1v) is 6.09. The van der Waals surface area contributed by atoms with Gasteiger partial charge in [0.05, 0.1) is 6.10 Å². The molecule has 0 aliphatic carbocycles. The minimum Gasteiger partial charge on any atom is -0.366 e. The maximum Gasteiger partial charge on any atom is 0.191 e. The fraction of sp³-hybridized carbons (Fsp3) is 0.500. The van der Waals surface area contributed by atoms with Crippen molar-refractivity contribution in [2.45, 2.75) is 38.9 Å². The number of carbonyl (C=O) groups is 1. The maximum absolute atomic E-state index is 12.3. The Morgan fingerprint density at radius 3 is 2.82 bits per heavy atom. The Bertz CT molecular complexity index is 428. The predicted molar refractivity (Wildman–Crippen MR) is 67.2 cm³/mol. The standard InChI is InChI=1S/C14H19NO2/c1-9-3-4-10(2)12(7-9)14(16)13-6-5-11(8-15)17-13/h3-4,7,11,13H,5-6,8,15H2,1-2H3. The van der Waals surface area contributed by atoms with Crippen molar-refractivity contribution < 1.29 is 9.53 Å². The summed E-state index contributed by atoms with van der Waals surface area (Å²) in [6, 6.07) is 5.94. The predicted octanol–water partition coefficient (Wildman–Crippen LogP) is 1.99. The Morgan fingerprint density at radius 1 is 1.41 bits per heavy atom. The zero-order chi connectivity index (χ0) is 12.4. The fourth-order valence-corrected chi connectivity index (χ4v) is 2.25. The highest BCUT2D eigenvalue weighted by Crippen LogP contribution is 2.24.